The average Bonchev–Trinajstić information content (AvgIpc) is 2.61. The Kier molecular flexibility index (Phi) is 4.84. The summed E-state index contributed by atoms with van der Waals surface area (Å²) in [6, 6.07) is 0.256. The molecule has 0 aromatic carbocycles. The number of aliphatic hydroxyl groups is 1. The molecule has 88 valence electrons. The van der Waals surface area contributed by atoms with E-state index in [-0.39, 0.29) is 25.3 Å². The Labute approximate surface area is 90.6 Å². The van der Waals surface area contributed by atoms with E-state index in [1.165, 1.54) is 0 Å². The van der Waals surface area contributed by atoms with E-state index in [9.17, 15) is 4.79 Å². The van der Waals surface area contributed by atoms with Crippen LogP contribution in [0, 0.1) is 0 Å². The van der Waals surface area contributed by atoms with Crippen LogP contribution in [0.15, 0.2) is 0 Å². The van der Waals surface area contributed by atoms with Crippen molar-refractivity contribution in [2.75, 3.05) is 40.4 Å². The highest BCUT2D eigenvalue weighted by Crippen LogP contribution is 2.18. The van der Waals surface area contributed by atoms with Crippen molar-refractivity contribution in [2.24, 2.45) is 0 Å². The summed E-state index contributed by atoms with van der Waals surface area (Å²) in [7, 11) is 3.99. The van der Waals surface area contributed by atoms with Crippen LogP contribution in [0.4, 0.5) is 4.79 Å². The summed E-state index contributed by atoms with van der Waals surface area (Å²) < 4.78 is 4.91. The molecule has 1 fully saturated rings. The van der Waals surface area contributed by atoms with Gasteiger partial charge in [0.1, 0.15) is 6.61 Å². The van der Waals surface area contributed by atoms with Crippen LogP contribution in [-0.2, 0) is 4.74 Å². The molecule has 0 radical (unpaired) electrons. The smallest absolute Gasteiger partial charge is 0.410 e. The molecule has 15 heavy (non-hydrogen) atoms. The summed E-state index contributed by atoms with van der Waals surface area (Å²) in [5, 5.41) is 8.57. The summed E-state index contributed by atoms with van der Waals surface area (Å²) in [4.78, 5) is 15.4. The van der Waals surface area contributed by atoms with E-state index in [4.69, 9.17) is 9.84 Å². The molecule has 0 aromatic rings. The lowest BCUT2D eigenvalue weighted by atomic mass is 10.2. The van der Waals surface area contributed by atoms with Gasteiger partial charge in [-0.1, -0.05) is 0 Å². The van der Waals surface area contributed by atoms with Crippen LogP contribution in [0.5, 0.6) is 0 Å². The highest BCUT2D eigenvalue weighted by molar-refractivity contribution is 5.68. The molecular weight excluding hydrogens is 196 g/mol. The Morgan fingerprint density at radius 2 is 2.33 bits per heavy atom. The second-order valence-electron chi connectivity index (χ2n) is 4.09. The molecule has 1 unspecified atom stereocenters. The van der Waals surface area contributed by atoms with Gasteiger partial charge in [-0.3, -0.25) is 0 Å². The van der Waals surface area contributed by atoms with Gasteiger partial charge < -0.3 is 19.6 Å². The molecule has 1 aliphatic rings. The van der Waals surface area contributed by atoms with Crippen molar-refractivity contribution >= 4 is 6.09 Å². The second kappa shape index (κ2) is 5.92. The minimum atomic E-state index is -0.298. The zero-order valence-corrected chi connectivity index (χ0v) is 9.48. The molecule has 1 aliphatic heterocycles. The van der Waals surface area contributed by atoms with E-state index >= 15 is 0 Å². The average molecular weight is 216 g/mol. The fourth-order valence-electron chi connectivity index (χ4n) is 1.90. The number of carbonyl (C=O) groups excluding carboxylic acids is 1. The lowest BCUT2D eigenvalue weighted by Gasteiger charge is -2.26. The standard InChI is InChI=1S/C10H20N2O3/c1-11(2)8-9-4-3-5-12(9)10(14)15-7-6-13/h9,13H,3-8H2,1-2H3. The quantitative estimate of drug-likeness (QED) is 0.726. The van der Waals surface area contributed by atoms with Crippen LogP contribution in [0.3, 0.4) is 0 Å². The van der Waals surface area contributed by atoms with Gasteiger partial charge in [0, 0.05) is 19.1 Å². The number of aliphatic hydroxyl groups excluding tert-OH is 1. The van der Waals surface area contributed by atoms with Gasteiger partial charge >= 0.3 is 6.09 Å². The zero-order chi connectivity index (χ0) is 11.3. The van der Waals surface area contributed by atoms with Crippen LogP contribution in [-0.4, -0.2) is 67.4 Å². The molecule has 0 spiro atoms. The van der Waals surface area contributed by atoms with Crippen LogP contribution in [0.1, 0.15) is 12.8 Å². The van der Waals surface area contributed by atoms with Gasteiger partial charge in [-0.25, -0.2) is 4.79 Å². The van der Waals surface area contributed by atoms with Crippen molar-refractivity contribution in [3.8, 4) is 0 Å². The van der Waals surface area contributed by atoms with E-state index in [1.807, 2.05) is 14.1 Å². The number of rotatable bonds is 4. The van der Waals surface area contributed by atoms with Crippen molar-refractivity contribution in [2.45, 2.75) is 18.9 Å². The molecule has 1 heterocycles. The molecule has 5 heteroatoms. The Morgan fingerprint density at radius 3 is 2.93 bits per heavy atom. The molecule has 1 N–H and O–H groups in total. The Bertz CT molecular complexity index is 209. The largest absolute Gasteiger partial charge is 0.447 e. The van der Waals surface area contributed by atoms with Crippen molar-refractivity contribution in [1.29, 1.82) is 0 Å². The molecule has 0 aliphatic carbocycles. The molecular formula is C10H20N2O3. The highest BCUT2D eigenvalue weighted by atomic mass is 16.6. The first-order chi connectivity index (χ1) is 7.15. The number of ether oxygens (including phenoxy) is 1. The predicted octanol–water partition coefficient (Wildman–Crippen LogP) is 0.141. The number of likely N-dealkylation sites (tertiary alicyclic amines) is 1. The fourth-order valence-corrected chi connectivity index (χ4v) is 1.90. The first-order valence-electron chi connectivity index (χ1n) is 5.34. The van der Waals surface area contributed by atoms with Crippen molar-refractivity contribution < 1.29 is 14.6 Å². The van der Waals surface area contributed by atoms with Crippen LogP contribution in [0.2, 0.25) is 0 Å². The number of nitrogens with zero attached hydrogens (tertiary/aromatic N) is 2. The first kappa shape index (κ1) is 12.3. The third-order valence-electron chi connectivity index (χ3n) is 2.50. The van der Waals surface area contributed by atoms with Crippen LogP contribution < -0.4 is 0 Å². The van der Waals surface area contributed by atoms with E-state index in [0.29, 0.717) is 0 Å². The van der Waals surface area contributed by atoms with Gasteiger partial charge in [0.05, 0.1) is 6.61 Å². The van der Waals surface area contributed by atoms with E-state index in [0.717, 1.165) is 25.9 Å². The van der Waals surface area contributed by atoms with Gasteiger partial charge in [-0.2, -0.15) is 0 Å². The lowest BCUT2D eigenvalue weighted by molar-refractivity contribution is 0.0773. The SMILES string of the molecule is CN(C)CC1CCCN1C(=O)OCCO. The topological polar surface area (TPSA) is 53.0 Å². The number of hydrogen-bond donors (Lipinski definition) is 1. The van der Waals surface area contributed by atoms with Gasteiger partial charge in [-0.05, 0) is 26.9 Å². The molecule has 1 rings (SSSR count). The zero-order valence-electron chi connectivity index (χ0n) is 9.48. The van der Waals surface area contributed by atoms with Gasteiger partial charge in [0.25, 0.3) is 0 Å². The van der Waals surface area contributed by atoms with E-state index < -0.39 is 0 Å². The maximum absolute atomic E-state index is 11.6. The van der Waals surface area contributed by atoms with Crippen molar-refractivity contribution in [1.82, 2.24) is 9.80 Å². The molecule has 0 saturated carbocycles. The maximum atomic E-state index is 11.6. The highest BCUT2D eigenvalue weighted by Gasteiger charge is 2.29. The van der Waals surface area contributed by atoms with Crippen LogP contribution in [0.25, 0.3) is 0 Å². The summed E-state index contributed by atoms with van der Waals surface area (Å²) in [5.41, 5.74) is 0. The molecule has 5 nitrogen and oxygen atoms in total. The monoisotopic (exact) mass is 216 g/mol. The summed E-state index contributed by atoms with van der Waals surface area (Å²) in [6.45, 7) is 1.61. The Morgan fingerprint density at radius 1 is 1.60 bits per heavy atom. The van der Waals surface area contributed by atoms with Gasteiger partial charge in [0.15, 0.2) is 0 Å². The summed E-state index contributed by atoms with van der Waals surface area (Å²) in [6.07, 6.45) is 1.77. The lowest BCUT2D eigenvalue weighted by Crippen LogP contribution is -2.41. The molecule has 0 bridgehead atoms. The third-order valence-corrected chi connectivity index (χ3v) is 2.50. The number of amides is 1. The third kappa shape index (κ3) is 3.68. The first-order valence-corrected chi connectivity index (χ1v) is 5.34. The van der Waals surface area contributed by atoms with Gasteiger partial charge in [-0.15, -0.1) is 0 Å². The summed E-state index contributed by atoms with van der Waals surface area (Å²) in [5.74, 6) is 0. The second-order valence-corrected chi connectivity index (χ2v) is 4.09. The Hall–Kier alpha value is -0.810. The van der Waals surface area contributed by atoms with Gasteiger partial charge in [0.2, 0.25) is 0 Å². The minimum absolute atomic E-state index is 0.0873. The number of hydrogen-bond acceptors (Lipinski definition) is 4. The number of likely N-dealkylation sites (N-methyl/N-ethyl adjacent to an activating group) is 1. The number of carbonyl (C=O) groups is 1. The molecule has 1 amide bonds. The van der Waals surface area contributed by atoms with Crippen molar-refractivity contribution in [3.63, 3.8) is 0 Å². The predicted molar refractivity (Wildman–Crippen MR) is 56.7 cm³/mol. The molecule has 1 saturated heterocycles. The van der Waals surface area contributed by atoms with Crippen LogP contribution >= 0.6 is 0 Å². The van der Waals surface area contributed by atoms with E-state index in [1.54, 1.807) is 4.90 Å². The normalized spacial score (nSPS) is 21.1. The minimum Gasteiger partial charge on any atom is -0.447 e. The summed E-state index contributed by atoms with van der Waals surface area (Å²) >= 11 is 0. The van der Waals surface area contributed by atoms with E-state index in [2.05, 4.69) is 4.90 Å². The fraction of sp³-hybridized carbons (Fsp3) is 0.900. The van der Waals surface area contributed by atoms with Crippen molar-refractivity contribution in [3.05, 3.63) is 0 Å². The molecule has 1 atom stereocenters. The Balaban J connectivity index is 2.41. The maximum Gasteiger partial charge on any atom is 0.410 e. The molecule has 0 aromatic heterocycles.